The summed E-state index contributed by atoms with van der Waals surface area (Å²) in [4.78, 5) is 29.1. The van der Waals surface area contributed by atoms with Gasteiger partial charge in [0.15, 0.2) is 0 Å². The highest BCUT2D eigenvalue weighted by Crippen LogP contribution is 2.42. The second-order valence-electron chi connectivity index (χ2n) is 11.3. The van der Waals surface area contributed by atoms with Crippen LogP contribution in [0.1, 0.15) is 56.5 Å². The van der Waals surface area contributed by atoms with Crippen molar-refractivity contribution in [3.8, 4) is 0 Å². The average Bonchev–Trinajstić information content (AvgIpc) is 2.86. The maximum atomic E-state index is 13.8. The number of hydrogen-bond donors (Lipinski definition) is 2. The topological polar surface area (TPSA) is 108 Å². The first-order valence-corrected chi connectivity index (χ1v) is 14.5. The lowest BCUT2D eigenvalue weighted by Gasteiger charge is -2.53. The number of rotatable bonds is 8. The number of pyridine rings is 1. The predicted molar refractivity (Wildman–Crippen MR) is 153 cm³/mol. The van der Waals surface area contributed by atoms with Gasteiger partial charge in [0.1, 0.15) is 0 Å². The van der Waals surface area contributed by atoms with Crippen LogP contribution in [0.3, 0.4) is 0 Å². The third kappa shape index (κ3) is 6.20. The van der Waals surface area contributed by atoms with E-state index in [2.05, 4.69) is 22.2 Å². The van der Waals surface area contributed by atoms with Gasteiger partial charge >= 0.3 is 0 Å². The third-order valence-electron chi connectivity index (χ3n) is 7.15. The molecule has 0 atom stereocenters. The number of carbonyl (C=O) groups is 2. The molecule has 0 spiro atoms. The van der Waals surface area contributed by atoms with Crippen LogP contribution in [0, 0.1) is 0 Å². The number of nitrogens with zero attached hydrogens (tertiary/aromatic N) is 2. The number of piperidine rings is 1. The number of hydrogen-bond acceptors (Lipinski definition) is 5. The lowest BCUT2D eigenvalue weighted by atomic mass is 9.79. The predicted octanol–water partition coefficient (Wildman–Crippen LogP) is 4.22. The van der Waals surface area contributed by atoms with Gasteiger partial charge in [0, 0.05) is 40.8 Å². The Balaban J connectivity index is 1.43. The number of sulfonamides is 1. The molecular formula is C30H36N4O4S. The Kier molecular flexibility index (Phi) is 7.95. The van der Waals surface area contributed by atoms with Gasteiger partial charge in [0.2, 0.25) is 15.9 Å². The van der Waals surface area contributed by atoms with Crippen LogP contribution < -0.4 is 10.6 Å². The molecule has 2 aromatic carbocycles. The van der Waals surface area contributed by atoms with Crippen LogP contribution in [0.15, 0.2) is 78.3 Å². The fraction of sp³-hybridized carbons (Fsp3) is 0.367. The summed E-state index contributed by atoms with van der Waals surface area (Å²) >= 11 is 0. The Hall–Kier alpha value is -3.56. The van der Waals surface area contributed by atoms with Crippen molar-refractivity contribution in [3.05, 3.63) is 84.6 Å². The Morgan fingerprint density at radius 1 is 1.05 bits per heavy atom. The fourth-order valence-electron chi connectivity index (χ4n) is 5.85. The van der Waals surface area contributed by atoms with Crippen LogP contribution >= 0.6 is 0 Å². The summed E-state index contributed by atoms with van der Waals surface area (Å²) in [7, 11) is -3.89. The van der Waals surface area contributed by atoms with Gasteiger partial charge in [-0.25, -0.2) is 8.42 Å². The molecule has 1 saturated heterocycles. The van der Waals surface area contributed by atoms with Crippen LogP contribution in [0.2, 0.25) is 0 Å². The van der Waals surface area contributed by atoms with Crippen molar-refractivity contribution in [2.75, 3.05) is 6.54 Å². The number of benzene rings is 2. The normalized spacial score (nSPS) is 17.4. The second kappa shape index (κ2) is 10.9. The number of amides is 2. The van der Waals surface area contributed by atoms with Gasteiger partial charge in [0.25, 0.3) is 5.91 Å². The molecule has 206 valence electrons. The van der Waals surface area contributed by atoms with E-state index in [1.165, 1.54) is 22.5 Å². The van der Waals surface area contributed by atoms with Gasteiger partial charge in [-0.3, -0.25) is 14.6 Å². The molecule has 2 amide bonds. The summed E-state index contributed by atoms with van der Waals surface area (Å²) in [5.74, 6) is -0.539. The minimum Gasteiger partial charge on any atom is -0.352 e. The zero-order chi connectivity index (χ0) is 28.4. The molecule has 39 heavy (non-hydrogen) atoms. The Morgan fingerprint density at radius 2 is 1.72 bits per heavy atom. The Labute approximate surface area is 230 Å². The van der Waals surface area contributed by atoms with Gasteiger partial charge < -0.3 is 10.6 Å². The first-order valence-electron chi connectivity index (χ1n) is 13.0. The van der Waals surface area contributed by atoms with Crippen molar-refractivity contribution < 1.29 is 18.0 Å². The van der Waals surface area contributed by atoms with Crippen LogP contribution in [0.4, 0.5) is 0 Å². The zero-order valence-corrected chi connectivity index (χ0v) is 23.7. The van der Waals surface area contributed by atoms with E-state index in [-0.39, 0.29) is 22.8 Å². The lowest BCUT2D eigenvalue weighted by Crippen LogP contribution is -2.65. The molecular weight excluding hydrogens is 512 g/mol. The van der Waals surface area contributed by atoms with E-state index < -0.39 is 21.1 Å². The molecule has 1 aliphatic heterocycles. The molecule has 2 N–H and O–H groups in total. The number of nitrogens with one attached hydrogen (secondary N) is 2. The maximum absolute atomic E-state index is 13.8. The number of fused-ring (bicyclic) bond motifs is 1. The van der Waals surface area contributed by atoms with Crippen molar-refractivity contribution in [1.29, 1.82) is 0 Å². The number of carbonyl (C=O) groups excluding carboxylic acids is 2. The van der Waals surface area contributed by atoms with Crippen LogP contribution in [0.5, 0.6) is 0 Å². The molecule has 0 saturated carbocycles. The van der Waals surface area contributed by atoms with Crippen molar-refractivity contribution in [2.24, 2.45) is 0 Å². The molecule has 0 unspecified atom stereocenters. The molecule has 4 rings (SSSR count). The monoisotopic (exact) mass is 548 g/mol. The summed E-state index contributed by atoms with van der Waals surface area (Å²) < 4.78 is 29.2. The minimum absolute atomic E-state index is 0.123. The van der Waals surface area contributed by atoms with Gasteiger partial charge in [0.05, 0.1) is 10.4 Å². The summed E-state index contributed by atoms with van der Waals surface area (Å²) in [6.07, 6.45) is 4.55. The fourth-order valence-corrected chi connectivity index (χ4v) is 7.99. The molecule has 1 aromatic heterocycles. The molecule has 3 aromatic rings. The van der Waals surface area contributed by atoms with Gasteiger partial charge in [-0.2, -0.15) is 4.31 Å². The SMILES string of the molecule is C=CC(=O)NC1CC(C)(C)N(S(=O)(=O)c2ccc(C(=O)NCCc3ccc4cccnc4c3)cc2)C(C)(C)C1. The molecule has 1 aliphatic rings. The van der Waals surface area contributed by atoms with Crippen LogP contribution in [0.25, 0.3) is 10.9 Å². The maximum Gasteiger partial charge on any atom is 0.251 e. The van der Waals surface area contributed by atoms with Gasteiger partial charge in [-0.1, -0.05) is 24.8 Å². The average molecular weight is 549 g/mol. The summed E-state index contributed by atoms with van der Waals surface area (Å²) in [6.45, 7) is 11.4. The first-order chi connectivity index (χ1) is 18.3. The van der Waals surface area contributed by atoms with Gasteiger partial charge in [-0.15, -0.1) is 0 Å². The van der Waals surface area contributed by atoms with E-state index in [4.69, 9.17) is 0 Å². The molecule has 8 nitrogen and oxygen atoms in total. The molecule has 0 radical (unpaired) electrons. The van der Waals surface area contributed by atoms with E-state index in [0.717, 1.165) is 16.5 Å². The highest BCUT2D eigenvalue weighted by atomic mass is 32.2. The molecule has 0 bridgehead atoms. The molecule has 1 fully saturated rings. The van der Waals surface area contributed by atoms with Crippen molar-refractivity contribution in [2.45, 2.75) is 69.0 Å². The standard InChI is InChI=1S/C30H36N4O4S/c1-6-27(35)33-24-19-29(2,3)34(30(4,5)20-24)39(37,38)25-13-11-23(12-14-25)28(36)32-17-15-21-9-10-22-8-7-16-31-26(22)18-21/h6-14,16,18,24H,1,15,17,19-20H2,2-5H3,(H,32,36)(H,33,35). The zero-order valence-electron chi connectivity index (χ0n) is 22.9. The van der Waals surface area contributed by atoms with E-state index in [1.807, 2.05) is 58.0 Å². The largest absolute Gasteiger partial charge is 0.352 e. The first kappa shape index (κ1) is 28.4. The van der Waals surface area contributed by atoms with Gasteiger partial charge in [-0.05, 0) is 95.0 Å². The van der Waals surface area contributed by atoms with Crippen LogP contribution in [-0.4, -0.2) is 53.2 Å². The summed E-state index contributed by atoms with van der Waals surface area (Å²) in [5, 5.41) is 6.89. The minimum atomic E-state index is -3.89. The highest BCUT2D eigenvalue weighted by Gasteiger charge is 2.51. The van der Waals surface area contributed by atoms with E-state index in [1.54, 1.807) is 18.3 Å². The van der Waals surface area contributed by atoms with Crippen LogP contribution in [-0.2, 0) is 21.2 Å². The highest BCUT2D eigenvalue weighted by molar-refractivity contribution is 7.89. The smallest absolute Gasteiger partial charge is 0.251 e. The van der Waals surface area contributed by atoms with Crippen molar-refractivity contribution >= 4 is 32.7 Å². The lowest BCUT2D eigenvalue weighted by molar-refractivity contribution is -0.118. The van der Waals surface area contributed by atoms with Crippen molar-refractivity contribution in [3.63, 3.8) is 0 Å². The van der Waals surface area contributed by atoms with Crippen molar-refractivity contribution in [1.82, 2.24) is 19.9 Å². The Morgan fingerprint density at radius 3 is 2.36 bits per heavy atom. The molecule has 0 aliphatic carbocycles. The third-order valence-corrected chi connectivity index (χ3v) is 9.48. The Bertz CT molecular complexity index is 1480. The quantitative estimate of drug-likeness (QED) is 0.410. The summed E-state index contributed by atoms with van der Waals surface area (Å²) in [6, 6.07) is 15.8. The molecule has 2 heterocycles. The number of aromatic nitrogens is 1. The summed E-state index contributed by atoms with van der Waals surface area (Å²) in [5.41, 5.74) is 0.858. The second-order valence-corrected chi connectivity index (χ2v) is 13.1. The van der Waals surface area contributed by atoms with E-state index in [0.29, 0.717) is 31.4 Å². The van der Waals surface area contributed by atoms with E-state index >= 15 is 0 Å². The molecule has 9 heteroatoms. The van der Waals surface area contributed by atoms with E-state index in [9.17, 15) is 18.0 Å².